The highest BCUT2D eigenvalue weighted by Gasteiger charge is 2.28. The molecule has 0 aliphatic carbocycles. The number of hydrogen-bond acceptors (Lipinski definition) is 3. The highest BCUT2D eigenvalue weighted by atomic mass is 28.4. The van der Waals surface area contributed by atoms with Crippen molar-refractivity contribution in [2.75, 3.05) is 6.54 Å². The van der Waals surface area contributed by atoms with E-state index in [1.807, 2.05) is 30.5 Å². The average Bonchev–Trinajstić information content (AvgIpc) is 3.22. The lowest BCUT2D eigenvalue weighted by Gasteiger charge is -2.13. The summed E-state index contributed by atoms with van der Waals surface area (Å²) in [5.41, 5.74) is 5.09. The summed E-state index contributed by atoms with van der Waals surface area (Å²) < 4.78 is 0. The minimum Gasteiger partial charge on any atom is -0.404 e. The zero-order valence-corrected chi connectivity index (χ0v) is 18.0. The third kappa shape index (κ3) is 5.00. The number of hydrogen-bond donors (Lipinski definition) is 4. The second-order valence-corrected chi connectivity index (χ2v) is 9.78. The summed E-state index contributed by atoms with van der Waals surface area (Å²) >= 11 is 0. The SMILES string of the molecule is O=C(NCCc1c[nH]c2ccccc12)c1ccc(C=C[Si](O)(O)c2ccccc2)cc1. The molecule has 0 unspecified atom stereocenters. The number of carbonyl (C=O) groups excluding carboxylic acids is 1. The van der Waals surface area contributed by atoms with E-state index in [0.29, 0.717) is 17.3 Å². The fraction of sp³-hybridized carbons (Fsp3) is 0.0800. The lowest BCUT2D eigenvalue weighted by atomic mass is 10.1. The first-order valence-electron chi connectivity index (χ1n) is 10.2. The summed E-state index contributed by atoms with van der Waals surface area (Å²) in [6, 6.07) is 24.0. The van der Waals surface area contributed by atoms with E-state index in [4.69, 9.17) is 0 Å². The fourth-order valence-electron chi connectivity index (χ4n) is 3.49. The second kappa shape index (κ2) is 9.14. The largest absolute Gasteiger partial charge is 0.404 e. The Morgan fingerprint density at radius 3 is 2.42 bits per heavy atom. The predicted octanol–water partition coefficient (Wildman–Crippen LogP) is 3.03. The molecule has 1 heterocycles. The van der Waals surface area contributed by atoms with Gasteiger partial charge in [-0.05, 0) is 46.6 Å². The van der Waals surface area contributed by atoms with Crippen LogP contribution >= 0.6 is 0 Å². The zero-order chi connectivity index (χ0) is 21.7. The van der Waals surface area contributed by atoms with Crippen molar-refractivity contribution in [3.8, 4) is 0 Å². The van der Waals surface area contributed by atoms with Crippen LogP contribution in [0.25, 0.3) is 17.0 Å². The van der Waals surface area contributed by atoms with Crippen LogP contribution in [0.1, 0.15) is 21.5 Å². The van der Waals surface area contributed by atoms with Crippen molar-refractivity contribution in [2.24, 2.45) is 0 Å². The summed E-state index contributed by atoms with van der Waals surface area (Å²) in [5, 5.41) is 4.66. The van der Waals surface area contributed by atoms with E-state index in [1.165, 1.54) is 16.6 Å². The lowest BCUT2D eigenvalue weighted by Crippen LogP contribution is -2.46. The van der Waals surface area contributed by atoms with Crippen molar-refractivity contribution in [2.45, 2.75) is 6.42 Å². The molecule has 0 bridgehead atoms. The first-order valence-corrected chi connectivity index (χ1v) is 12.1. The maximum atomic E-state index is 12.4. The summed E-state index contributed by atoms with van der Waals surface area (Å²) in [6.45, 7) is 0.544. The molecule has 4 N–H and O–H groups in total. The number of benzene rings is 3. The summed E-state index contributed by atoms with van der Waals surface area (Å²) in [6.07, 6.45) is 4.41. The molecule has 0 fully saturated rings. The molecule has 31 heavy (non-hydrogen) atoms. The molecule has 1 amide bonds. The standard InChI is InChI=1S/C25H24N2O3Si/c28-25(26-16-14-21-18-27-24-9-5-4-8-23(21)24)20-12-10-19(11-13-20)15-17-31(29,30)22-6-2-1-3-7-22/h1-13,15,17-18,27,29-30H,14,16H2,(H,26,28). The summed E-state index contributed by atoms with van der Waals surface area (Å²) in [4.78, 5) is 36.4. The third-order valence-corrected chi connectivity index (χ3v) is 7.05. The van der Waals surface area contributed by atoms with Crippen LogP contribution in [0, 0.1) is 0 Å². The molecule has 0 saturated heterocycles. The van der Waals surface area contributed by atoms with Crippen LogP contribution in [0.15, 0.2) is 90.8 Å². The monoisotopic (exact) mass is 428 g/mol. The molecule has 156 valence electrons. The Morgan fingerprint density at radius 2 is 1.65 bits per heavy atom. The van der Waals surface area contributed by atoms with E-state index in [1.54, 1.807) is 54.6 Å². The molecule has 0 spiro atoms. The fourth-order valence-corrected chi connectivity index (χ4v) is 4.79. The molecule has 0 radical (unpaired) electrons. The Kier molecular flexibility index (Phi) is 6.13. The number of aromatic nitrogens is 1. The molecule has 4 rings (SSSR count). The highest BCUT2D eigenvalue weighted by Crippen LogP contribution is 2.17. The van der Waals surface area contributed by atoms with Gasteiger partial charge in [0.15, 0.2) is 0 Å². The quantitative estimate of drug-likeness (QED) is 0.341. The van der Waals surface area contributed by atoms with Gasteiger partial charge < -0.3 is 19.9 Å². The van der Waals surface area contributed by atoms with Gasteiger partial charge in [-0.3, -0.25) is 4.79 Å². The van der Waals surface area contributed by atoms with Gasteiger partial charge >= 0.3 is 8.56 Å². The van der Waals surface area contributed by atoms with Gasteiger partial charge in [-0.1, -0.05) is 66.7 Å². The average molecular weight is 429 g/mol. The highest BCUT2D eigenvalue weighted by molar-refractivity contribution is 6.83. The molecule has 0 atom stereocenters. The molecule has 0 aliphatic heterocycles. The van der Waals surface area contributed by atoms with Gasteiger partial charge in [-0.25, -0.2) is 0 Å². The number of para-hydroxylation sites is 1. The maximum absolute atomic E-state index is 12.4. The minimum atomic E-state index is -3.62. The van der Waals surface area contributed by atoms with E-state index in [0.717, 1.165) is 17.5 Å². The second-order valence-electron chi connectivity index (χ2n) is 7.41. The zero-order valence-electron chi connectivity index (χ0n) is 17.0. The minimum absolute atomic E-state index is 0.132. The van der Waals surface area contributed by atoms with E-state index < -0.39 is 8.56 Å². The molecule has 6 heteroatoms. The maximum Gasteiger partial charge on any atom is 0.394 e. The number of amides is 1. The van der Waals surface area contributed by atoms with Crippen LogP contribution in [-0.2, 0) is 6.42 Å². The summed E-state index contributed by atoms with van der Waals surface area (Å²) in [5.74, 6) is -0.132. The smallest absolute Gasteiger partial charge is 0.394 e. The molecule has 1 aromatic heterocycles. The number of aromatic amines is 1. The van der Waals surface area contributed by atoms with Gasteiger partial charge in [-0.15, -0.1) is 0 Å². The normalized spacial score (nSPS) is 11.8. The molecule has 4 aromatic rings. The van der Waals surface area contributed by atoms with Crippen LogP contribution in [0.5, 0.6) is 0 Å². The van der Waals surface area contributed by atoms with Gasteiger partial charge in [-0.2, -0.15) is 0 Å². The Labute approximate surface area is 181 Å². The molecule has 5 nitrogen and oxygen atoms in total. The Bertz CT molecular complexity index is 1200. The first-order chi connectivity index (χ1) is 15.0. The van der Waals surface area contributed by atoms with Gasteiger partial charge in [0, 0.05) is 29.2 Å². The van der Waals surface area contributed by atoms with Crippen molar-refractivity contribution in [3.63, 3.8) is 0 Å². The van der Waals surface area contributed by atoms with Crippen molar-refractivity contribution in [3.05, 3.63) is 107 Å². The number of rotatable bonds is 7. The van der Waals surface area contributed by atoms with Crippen LogP contribution < -0.4 is 10.5 Å². The number of fused-ring (bicyclic) bond motifs is 1. The van der Waals surface area contributed by atoms with Gasteiger partial charge in [0.2, 0.25) is 0 Å². The van der Waals surface area contributed by atoms with Gasteiger partial charge in [0.25, 0.3) is 5.91 Å². The molecule has 0 aliphatic rings. The van der Waals surface area contributed by atoms with E-state index in [-0.39, 0.29) is 5.91 Å². The van der Waals surface area contributed by atoms with Crippen LogP contribution in [-0.4, -0.2) is 35.6 Å². The Hall–Kier alpha value is -3.45. The van der Waals surface area contributed by atoms with Crippen molar-refractivity contribution in [1.82, 2.24) is 10.3 Å². The van der Waals surface area contributed by atoms with Crippen LogP contribution in [0.3, 0.4) is 0 Å². The Morgan fingerprint density at radius 1 is 0.935 bits per heavy atom. The summed E-state index contributed by atoms with van der Waals surface area (Å²) in [7, 11) is -3.62. The van der Waals surface area contributed by atoms with Crippen molar-refractivity contribution < 1.29 is 14.4 Å². The van der Waals surface area contributed by atoms with E-state index in [2.05, 4.69) is 16.4 Å². The predicted molar refractivity (Wildman–Crippen MR) is 126 cm³/mol. The van der Waals surface area contributed by atoms with Crippen molar-refractivity contribution in [1.29, 1.82) is 0 Å². The number of nitrogens with one attached hydrogen (secondary N) is 2. The molecular formula is C25H24N2O3Si. The number of carbonyl (C=O) groups is 1. The molecule has 0 saturated carbocycles. The lowest BCUT2D eigenvalue weighted by molar-refractivity contribution is 0.0954. The molecule has 3 aromatic carbocycles. The Balaban J connectivity index is 1.34. The van der Waals surface area contributed by atoms with Crippen LogP contribution in [0.4, 0.5) is 0 Å². The van der Waals surface area contributed by atoms with E-state index >= 15 is 0 Å². The molecular weight excluding hydrogens is 404 g/mol. The van der Waals surface area contributed by atoms with E-state index in [9.17, 15) is 14.4 Å². The number of H-pyrrole nitrogens is 1. The van der Waals surface area contributed by atoms with Crippen molar-refractivity contribution >= 4 is 36.6 Å². The van der Waals surface area contributed by atoms with Crippen LogP contribution in [0.2, 0.25) is 0 Å². The van der Waals surface area contributed by atoms with Gasteiger partial charge in [0.1, 0.15) is 0 Å². The third-order valence-electron chi connectivity index (χ3n) is 5.23. The van der Waals surface area contributed by atoms with Gasteiger partial charge in [0.05, 0.1) is 0 Å². The topological polar surface area (TPSA) is 85.4 Å². The first kappa shape index (κ1) is 20.8.